The van der Waals surface area contributed by atoms with Gasteiger partial charge in [0.25, 0.3) is 0 Å². The lowest BCUT2D eigenvalue weighted by Crippen LogP contribution is -2.60. The molecule has 4 bridgehead atoms. The van der Waals surface area contributed by atoms with Crippen LogP contribution in [-0.4, -0.2) is 33.1 Å². The van der Waals surface area contributed by atoms with Crippen molar-refractivity contribution in [2.75, 3.05) is 16.8 Å². The molecule has 0 unspecified atom stereocenters. The van der Waals surface area contributed by atoms with Crippen LogP contribution >= 0.6 is 0 Å². The van der Waals surface area contributed by atoms with Gasteiger partial charge in [0.05, 0.1) is 0 Å². The highest BCUT2D eigenvalue weighted by molar-refractivity contribution is 7.86. The second kappa shape index (κ2) is 7.38. The molecule has 0 aromatic heterocycles. The molecule has 0 aliphatic heterocycles. The molecule has 5 nitrogen and oxygen atoms in total. The molecular formula is C21H28N2O3S. The molecule has 5 rings (SSSR count). The lowest BCUT2D eigenvalue weighted by atomic mass is 9.53. The molecule has 0 heterocycles. The van der Waals surface area contributed by atoms with Gasteiger partial charge in [-0.25, -0.2) is 0 Å². The molecule has 4 fully saturated rings. The van der Waals surface area contributed by atoms with E-state index < -0.39 is 10.8 Å². The average molecular weight is 389 g/mol. The molecule has 0 spiro atoms. The molecule has 6 heteroatoms. The smallest absolute Gasteiger partial charge is 0.237 e. The summed E-state index contributed by atoms with van der Waals surface area (Å²) >= 11 is 0. The normalized spacial score (nSPS) is 32.1. The van der Waals surface area contributed by atoms with E-state index in [1.165, 1.54) is 19.3 Å². The van der Waals surface area contributed by atoms with Gasteiger partial charge < -0.3 is 10.6 Å². The molecule has 0 saturated heterocycles. The number of aryl methyl sites for hydroxylation is 1. The third-order valence-corrected chi connectivity index (χ3v) is 7.53. The second-order valence-corrected chi connectivity index (χ2v) is 10.3. The standard InChI is InChI=1S/C21H28N2O3S/c1-14-2-4-18(5-3-14)22-19(24)12-27(26)13-20(25)23-21-9-15-6-16(10-21)8-17(7-15)11-21/h2-5,15-17H,6-13H2,1H3,(H,22,24)(H,23,25)/t15?,16?,17?,21?,27-/m1/s1. The molecule has 1 atom stereocenters. The predicted octanol–water partition coefficient (Wildman–Crippen LogP) is 2.77. The number of anilines is 1. The summed E-state index contributed by atoms with van der Waals surface area (Å²) in [6, 6.07) is 7.45. The molecule has 146 valence electrons. The van der Waals surface area contributed by atoms with Crippen molar-refractivity contribution in [3.63, 3.8) is 0 Å². The molecule has 4 aliphatic rings. The summed E-state index contributed by atoms with van der Waals surface area (Å²) in [6.45, 7) is 1.98. The van der Waals surface area contributed by atoms with Crippen LogP contribution in [0.1, 0.15) is 44.1 Å². The Morgan fingerprint density at radius 3 is 2.04 bits per heavy atom. The Kier molecular flexibility index (Phi) is 5.10. The first kappa shape index (κ1) is 18.7. The van der Waals surface area contributed by atoms with Gasteiger partial charge in [-0.3, -0.25) is 13.8 Å². The highest BCUT2D eigenvalue weighted by Gasteiger charge is 2.51. The number of hydrogen-bond acceptors (Lipinski definition) is 3. The first-order valence-corrected chi connectivity index (χ1v) is 11.4. The Morgan fingerprint density at radius 2 is 1.48 bits per heavy atom. The fraction of sp³-hybridized carbons (Fsp3) is 0.619. The first-order valence-electron chi connectivity index (χ1n) is 9.92. The van der Waals surface area contributed by atoms with Gasteiger partial charge in [-0.15, -0.1) is 0 Å². The second-order valence-electron chi connectivity index (χ2n) is 8.89. The molecule has 1 aromatic rings. The molecule has 2 N–H and O–H groups in total. The van der Waals surface area contributed by atoms with Gasteiger partial charge in [0.2, 0.25) is 11.8 Å². The summed E-state index contributed by atoms with van der Waals surface area (Å²) < 4.78 is 12.3. The zero-order chi connectivity index (χ0) is 19.0. The van der Waals surface area contributed by atoms with Crippen molar-refractivity contribution in [3.8, 4) is 0 Å². The van der Waals surface area contributed by atoms with Crippen LogP contribution in [0.15, 0.2) is 24.3 Å². The molecule has 4 aliphatic carbocycles. The summed E-state index contributed by atoms with van der Waals surface area (Å²) in [7, 11) is -1.50. The monoisotopic (exact) mass is 388 g/mol. The van der Waals surface area contributed by atoms with Crippen LogP contribution in [0.3, 0.4) is 0 Å². The largest absolute Gasteiger partial charge is 0.350 e. The van der Waals surface area contributed by atoms with E-state index in [-0.39, 0.29) is 28.9 Å². The summed E-state index contributed by atoms with van der Waals surface area (Å²) in [6.07, 6.45) is 7.18. The van der Waals surface area contributed by atoms with Crippen LogP contribution < -0.4 is 10.6 Å². The lowest BCUT2D eigenvalue weighted by molar-refractivity contribution is -0.124. The lowest BCUT2D eigenvalue weighted by Gasteiger charge is -2.56. The van der Waals surface area contributed by atoms with Crippen molar-refractivity contribution >= 4 is 28.3 Å². The third kappa shape index (κ3) is 4.42. The van der Waals surface area contributed by atoms with Crippen LogP contribution in [0.25, 0.3) is 0 Å². The number of carbonyl (C=O) groups excluding carboxylic acids is 2. The topological polar surface area (TPSA) is 75.3 Å². The van der Waals surface area contributed by atoms with Gasteiger partial charge in [-0.2, -0.15) is 0 Å². The molecule has 0 radical (unpaired) electrons. The molecule has 27 heavy (non-hydrogen) atoms. The Morgan fingerprint density at radius 1 is 0.963 bits per heavy atom. The van der Waals surface area contributed by atoms with E-state index >= 15 is 0 Å². The predicted molar refractivity (Wildman–Crippen MR) is 107 cm³/mol. The van der Waals surface area contributed by atoms with Crippen molar-refractivity contribution in [2.45, 2.75) is 51.0 Å². The number of rotatable bonds is 6. The van der Waals surface area contributed by atoms with E-state index in [0.717, 1.165) is 42.6 Å². The first-order chi connectivity index (χ1) is 12.9. The Balaban J connectivity index is 1.26. The summed E-state index contributed by atoms with van der Waals surface area (Å²) in [5, 5.41) is 5.96. The van der Waals surface area contributed by atoms with Crippen molar-refractivity contribution in [1.29, 1.82) is 0 Å². The van der Waals surface area contributed by atoms with Gasteiger partial charge >= 0.3 is 0 Å². The van der Waals surface area contributed by atoms with Gasteiger partial charge in [-0.1, -0.05) is 17.7 Å². The number of benzene rings is 1. The minimum Gasteiger partial charge on any atom is -0.350 e. The number of hydrogen-bond donors (Lipinski definition) is 2. The van der Waals surface area contributed by atoms with Gasteiger partial charge in [-0.05, 0) is 75.3 Å². The van der Waals surface area contributed by atoms with Crippen LogP contribution in [0.4, 0.5) is 5.69 Å². The number of nitrogens with one attached hydrogen (secondary N) is 2. The molecule has 2 amide bonds. The fourth-order valence-corrected chi connectivity index (χ4v) is 6.60. The summed E-state index contributed by atoms with van der Waals surface area (Å²) in [4.78, 5) is 24.5. The fourth-order valence-electron chi connectivity index (χ4n) is 5.77. The molecule has 4 saturated carbocycles. The van der Waals surface area contributed by atoms with E-state index in [1.807, 2.05) is 31.2 Å². The van der Waals surface area contributed by atoms with Crippen LogP contribution in [-0.2, 0) is 20.4 Å². The molecule has 1 aromatic carbocycles. The maximum atomic E-state index is 12.5. The highest BCUT2D eigenvalue weighted by Crippen LogP contribution is 2.55. The van der Waals surface area contributed by atoms with Crippen molar-refractivity contribution in [2.24, 2.45) is 17.8 Å². The summed E-state index contributed by atoms with van der Waals surface area (Å²) in [5.74, 6) is 1.52. The van der Waals surface area contributed by atoms with Crippen LogP contribution in [0.5, 0.6) is 0 Å². The van der Waals surface area contributed by atoms with Gasteiger partial charge in [0, 0.05) is 22.0 Å². The molecular weight excluding hydrogens is 360 g/mol. The Labute approximate surface area is 163 Å². The zero-order valence-corrected chi connectivity index (χ0v) is 16.6. The van der Waals surface area contributed by atoms with E-state index in [4.69, 9.17) is 0 Å². The van der Waals surface area contributed by atoms with Crippen molar-refractivity contribution in [3.05, 3.63) is 29.8 Å². The van der Waals surface area contributed by atoms with Crippen LogP contribution in [0.2, 0.25) is 0 Å². The van der Waals surface area contributed by atoms with Gasteiger partial charge in [0.15, 0.2) is 0 Å². The van der Waals surface area contributed by atoms with Crippen LogP contribution in [0, 0.1) is 24.7 Å². The van der Waals surface area contributed by atoms with E-state index in [1.54, 1.807) is 0 Å². The van der Waals surface area contributed by atoms with Gasteiger partial charge in [0.1, 0.15) is 11.5 Å². The van der Waals surface area contributed by atoms with E-state index in [9.17, 15) is 13.8 Å². The maximum absolute atomic E-state index is 12.5. The average Bonchev–Trinajstić information content (AvgIpc) is 2.54. The summed E-state index contributed by atoms with van der Waals surface area (Å²) in [5.41, 5.74) is 1.72. The number of carbonyl (C=O) groups is 2. The quantitative estimate of drug-likeness (QED) is 0.787. The van der Waals surface area contributed by atoms with Crippen molar-refractivity contribution in [1.82, 2.24) is 5.32 Å². The third-order valence-electron chi connectivity index (χ3n) is 6.36. The Hall–Kier alpha value is -1.69. The Bertz CT molecular complexity index is 724. The minimum atomic E-state index is -1.50. The minimum absolute atomic E-state index is 0.0693. The maximum Gasteiger partial charge on any atom is 0.237 e. The van der Waals surface area contributed by atoms with E-state index in [0.29, 0.717) is 5.69 Å². The zero-order valence-electron chi connectivity index (χ0n) is 15.8. The van der Waals surface area contributed by atoms with E-state index in [2.05, 4.69) is 10.6 Å². The SMILES string of the molecule is Cc1ccc(NC(=O)C[S@@](=O)CC(=O)NC23CC4CC(CC(C4)C2)C3)cc1. The van der Waals surface area contributed by atoms with Crippen molar-refractivity contribution < 1.29 is 13.8 Å². The highest BCUT2D eigenvalue weighted by atomic mass is 32.2. The number of amides is 2.